The summed E-state index contributed by atoms with van der Waals surface area (Å²) in [6.07, 6.45) is -10.1. The molecule has 1 aliphatic rings. The molecule has 0 radical (unpaired) electrons. The number of fused-ring (bicyclic) bond motifs is 3. The predicted molar refractivity (Wildman–Crippen MR) is 133 cm³/mol. The Morgan fingerprint density at radius 3 is 2.28 bits per heavy atom. The lowest BCUT2D eigenvalue weighted by atomic mass is 9.95. The van der Waals surface area contributed by atoms with Gasteiger partial charge in [-0.3, -0.25) is 18.7 Å². The lowest BCUT2D eigenvalue weighted by Gasteiger charge is -2.19. The van der Waals surface area contributed by atoms with E-state index >= 15 is 0 Å². The molecule has 0 fully saturated rings. The van der Waals surface area contributed by atoms with Crippen molar-refractivity contribution in [3.63, 3.8) is 0 Å². The molecule has 2 heterocycles. The Morgan fingerprint density at radius 1 is 0.953 bits per heavy atom. The average molecular weight is 637 g/mol. The van der Waals surface area contributed by atoms with Gasteiger partial charge in [0.25, 0.3) is 11.8 Å². The number of carbonyl (C=O) groups excluding carboxylic acids is 2. The highest BCUT2D eigenvalue weighted by Crippen LogP contribution is 2.43. The Bertz CT molecular complexity index is 1880. The topological polar surface area (TPSA) is 85.1 Å². The van der Waals surface area contributed by atoms with E-state index in [0.29, 0.717) is 12.1 Å². The van der Waals surface area contributed by atoms with Gasteiger partial charge in [0.2, 0.25) is 0 Å². The van der Waals surface area contributed by atoms with E-state index in [-0.39, 0.29) is 31.4 Å². The van der Waals surface area contributed by atoms with Crippen molar-refractivity contribution in [1.82, 2.24) is 14.5 Å². The minimum Gasteiger partial charge on any atom is -0.341 e. The number of anilines is 1. The molecule has 17 heteroatoms. The molecule has 2 amide bonds. The molecule has 5 rings (SSSR count). The van der Waals surface area contributed by atoms with Gasteiger partial charge in [-0.2, -0.15) is 26.3 Å². The minimum atomic E-state index is -5.06. The number of alkyl halides is 7. The molecule has 1 unspecified atom stereocenters. The van der Waals surface area contributed by atoms with E-state index in [1.54, 1.807) is 0 Å². The zero-order chi connectivity index (χ0) is 31.6. The zero-order valence-electron chi connectivity index (χ0n) is 20.9. The number of halogens is 10. The van der Waals surface area contributed by atoms with Crippen molar-refractivity contribution in [1.29, 1.82) is 0 Å². The summed E-state index contributed by atoms with van der Waals surface area (Å²) in [6.45, 7) is -3.62. The van der Waals surface area contributed by atoms with Crippen LogP contribution in [0.3, 0.4) is 0 Å². The third-order valence-corrected chi connectivity index (χ3v) is 6.94. The third-order valence-electron chi connectivity index (χ3n) is 6.60. The highest BCUT2D eigenvalue weighted by molar-refractivity contribution is 6.31. The van der Waals surface area contributed by atoms with Crippen LogP contribution in [0.5, 0.6) is 0 Å². The van der Waals surface area contributed by atoms with Gasteiger partial charge in [0.15, 0.2) is 6.80 Å². The second kappa shape index (κ2) is 10.4. The van der Waals surface area contributed by atoms with Crippen LogP contribution in [0.25, 0.3) is 11.0 Å². The van der Waals surface area contributed by atoms with Gasteiger partial charge in [-0.1, -0.05) is 11.6 Å². The highest BCUT2D eigenvalue weighted by atomic mass is 35.5. The Kier molecular flexibility index (Phi) is 7.23. The second-order valence-corrected chi connectivity index (χ2v) is 9.77. The minimum absolute atomic E-state index is 0.0879. The van der Waals surface area contributed by atoms with Gasteiger partial charge in [-0.05, 0) is 42.5 Å². The van der Waals surface area contributed by atoms with Crippen LogP contribution >= 0.6 is 11.6 Å². The molecule has 0 spiro atoms. The number of hydrogen-bond acceptors (Lipinski definition) is 3. The van der Waals surface area contributed by atoms with Crippen LogP contribution < -0.4 is 16.3 Å². The van der Waals surface area contributed by atoms with Gasteiger partial charge >= 0.3 is 18.0 Å². The first-order valence-corrected chi connectivity index (χ1v) is 12.3. The molecule has 7 nitrogen and oxygen atoms in total. The maximum Gasteiger partial charge on any atom is 0.416 e. The van der Waals surface area contributed by atoms with Crippen LogP contribution in [0.15, 0.2) is 47.3 Å². The summed E-state index contributed by atoms with van der Waals surface area (Å²) in [6, 6.07) is 3.17. The number of nitrogens with zero attached hydrogens (tertiary/aromatic N) is 2. The fraction of sp³-hybridized carbons (Fsp3) is 0.192. The fourth-order valence-corrected chi connectivity index (χ4v) is 5.12. The van der Waals surface area contributed by atoms with Gasteiger partial charge in [0, 0.05) is 27.4 Å². The molecule has 1 atom stereocenters. The largest absolute Gasteiger partial charge is 0.416 e. The van der Waals surface area contributed by atoms with Gasteiger partial charge < -0.3 is 10.6 Å². The summed E-state index contributed by atoms with van der Waals surface area (Å²) < 4.78 is 123. The molecule has 0 aliphatic carbocycles. The molecule has 0 saturated heterocycles. The third kappa shape index (κ3) is 5.42. The molecule has 2 N–H and O–H groups in total. The molecule has 0 bridgehead atoms. The summed E-state index contributed by atoms with van der Waals surface area (Å²) in [5.74, 6) is -4.77. The number of carbonyl (C=O) groups is 2. The SMILES string of the molecule is O=C(Nc1cc2c(c3c1C(c1cc(F)ccc1Cl)NC3=O)n(CF)c(=O)n2CC(F)(F)F)c1cc(F)cc(C(F)(F)F)c1. The van der Waals surface area contributed by atoms with Gasteiger partial charge in [0.1, 0.15) is 18.2 Å². The summed E-state index contributed by atoms with van der Waals surface area (Å²) >= 11 is 6.20. The van der Waals surface area contributed by atoms with Gasteiger partial charge in [0.05, 0.1) is 28.2 Å². The van der Waals surface area contributed by atoms with Gasteiger partial charge in [-0.25, -0.2) is 18.0 Å². The van der Waals surface area contributed by atoms with Crippen molar-refractivity contribution in [2.45, 2.75) is 31.7 Å². The predicted octanol–water partition coefficient (Wildman–Crippen LogP) is 6.33. The lowest BCUT2D eigenvalue weighted by Crippen LogP contribution is -2.29. The number of benzene rings is 3. The molecule has 43 heavy (non-hydrogen) atoms. The van der Waals surface area contributed by atoms with Crippen molar-refractivity contribution in [2.75, 3.05) is 5.32 Å². The molecule has 1 aliphatic heterocycles. The first-order valence-electron chi connectivity index (χ1n) is 11.9. The Balaban J connectivity index is 1.80. The Hall–Kier alpha value is -4.47. The molecular weight excluding hydrogens is 623 g/mol. The van der Waals surface area contributed by atoms with E-state index in [1.165, 1.54) is 0 Å². The average Bonchev–Trinajstić information content (AvgIpc) is 3.37. The summed E-state index contributed by atoms with van der Waals surface area (Å²) in [7, 11) is 0. The molecule has 4 aromatic rings. The quantitative estimate of drug-likeness (QED) is 0.251. The number of nitrogens with one attached hydrogen (secondary N) is 2. The molecule has 3 aromatic carbocycles. The number of rotatable bonds is 5. The van der Waals surface area contributed by atoms with Crippen LogP contribution in [0, 0.1) is 11.6 Å². The molecule has 0 saturated carbocycles. The summed E-state index contributed by atoms with van der Waals surface area (Å²) in [4.78, 5) is 39.2. The van der Waals surface area contributed by atoms with Crippen LogP contribution in [-0.2, 0) is 19.5 Å². The zero-order valence-corrected chi connectivity index (χ0v) is 21.7. The summed E-state index contributed by atoms with van der Waals surface area (Å²) in [5.41, 5.74) is -6.78. The van der Waals surface area contributed by atoms with E-state index < -0.39 is 94.3 Å². The maximum atomic E-state index is 14.2. The monoisotopic (exact) mass is 636 g/mol. The smallest absolute Gasteiger partial charge is 0.341 e. The van der Waals surface area contributed by atoms with E-state index in [0.717, 1.165) is 24.3 Å². The Morgan fingerprint density at radius 2 is 1.65 bits per heavy atom. The van der Waals surface area contributed by atoms with E-state index in [9.17, 15) is 53.9 Å². The van der Waals surface area contributed by atoms with Crippen molar-refractivity contribution in [2.24, 2.45) is 0 Å². The van der Waals surface area contributed by atoms with E-state index in [1.807, 2.05) is 0 Å². The number of amides is 2. The van der Waals surface area contributed by atoms with E-state index in [2.05, 4.69) is 10.6 Å². The van der Waals surface area contributed by atoms with Crippen LogP contribution in [0.2, 0.25) is 5.02 Å². The maximum absolute atomic E-state index is 14.2. The number of imidazole rings is 1. The van der Waals surface area contributed by atoms with Gasteiger partial charge in [-0.15, -0.1) is 0 Å². The van der Waals surface area contributed by atoms with Crippen LogP contribution in [-0.4, -0.2) is 27.1 Å². The molecular formula is C26H14ClF9N4O3. The summed E-state index contributed by atoms with van der Waals surface area (Å²) in [5, 5.41) is 4.41. The molecule has 226 valence electrons. The van der Waals surface area contributed by atoms with Crippen molar-refractivity contribution >= 4 is 40.1 Å². The van der Waals surface area contributed by atoms with E-state index in [4.69, 9.17) is 11.6 Å². The molecule has 1 aromatic heterocycles. The highest BCUT2D eigenvalue weighted by Gasteiger charge is 2.40. The first kappa shape index (κ1) is 30.0. The lowest BCUT2D eigenvalue weighted by molar-refractivity contribution is -0.140. The Labute approximate surface area is 238 Å². The first-order chi connectivity index (χ1) is 20.0. The normalized spacial score (nSPS) is 15.1. The number of aromatic nitrogens is 2. The van der Waals surface area contributed by atoms with Crippen molar-refractivity contribution in [3.8, 4) is 0 Å². The van der Waals surface area contributed by atoms with Crippen LogP contribution in [0.4, 0.5) is 45.2 Å². The van der Waals surface area contributed by atoms with Crippen molar-refractivity contribution < 1.29 is 49.1 Å². The van der Waals surface area contributed by atoms with Crippen molar-refractivity contribution in [3.05, 3.63) is 97.4 Å². The second-order valence-electron chi connectivity index (χ2n) is 9.36. The number of hydrogen-bond donors (Lipinski definition) is 2. The fourth-order valence-electron chi connectivity index (χ4n) is 4.90. The standard InChI is InChI=1S/C26H14ClF9N4O3/c27-15-2-1-12(29)6-14(15)20-18-16(37-22(41)10-3-11(26(34,35)36)5-13(30)4-10)7-17-21(19(18)23(42)38-20)40(9-28)24(43)39(17)8-25(31,32)33/h1-7,20H,8-9H2,(H,37,41)(H,38,42). The van der Waals surface area contributed by atoms with Crippen LogP contribution in [0.1, 0.15) is 43.4 Å².